The van der Waals surface area contributed by atoms with E-state index in [0.29, 0.717) is 0 Å². The van der Waals surface area contributed by atoms with E-state index in [4.69, 9.17) is 4.52 Å². The molecule has 1 saturated heterocycles. The molecule has 14 heavy (non-hydrogen) atoms. The molecular weight excluding hydrogens is 178 g/mol. The topological polar surface area (TPSA) is 51.0 Å². The Morgan fingerprint density at radius 1 is 1.50 bits per heavy atom. The fraction of sp³-hybridized carbons (Fsp3) is 0.800. The van der Waals surface area contributed by atoms with Crippen LogP contribution in [0, 0.1) is 0 Å². The van der Waals surface area contributed by atoms with Gasteiger partial charge in [0.1, 0.15) is 0 Å². The van der Waals surface area contributed by atoms with Gasteiger partial charge in [0, 0.05) is 13.0 Å². The van der Waals surface area contributed by atoms with Gasteiger partial charge < -0.3 is 9.84 Å². The maximum Gasteiger partial charge on any atom is 0.234 e. The van der Waals surface area contributed by atoms with Crippen molar-refractivity contribution in [3.8, 4) is 0 Å². The second-order valence-electron chi connectivity index (χ2n) is 3.93. The number of nitrogens with zero attached hydrogens (tertiary/aromatic N) is 2. The van der Waals surface area contributed by atoms with Crippen LogP contribution in [0.1, 0.15) is 38.4 Å². The fourth-order valence-corrected chi connectivity index (χ4v) is 1.99. The van der Waals surface area contributed by atoms with Gasteiger partial charge in [-0.25, -0.2) is 0 Å². The van der Waals surface area contributed by atoms with Crippen LogP contribution >= 0.6 is 0 Å². The predicted octanol–water partition coefficient (Wildman–Crippen LogP) is 1.27. The van der Waals surface area contributed by atoms with Gasteiger partial charge in [0.05, 0.1) is 5.41 Å². The monoisotopic (exact) mass is 195 g/mol. The minimum absolute atomic E-state index is 0.0976. The van der Waals surface area contributed by atoms with Crippen LogP contribution in [-0.2, 0) is 11.8 Å². The van der Waals surface area contributed by atoms with Crippen molar-refractivity contribution in [1.82, 2.24) is 15.5 Å². The Morgan fingerprint density at radius 2 is 2.36 bits per heavy atom. The molecule has 2 heterocycles. The highest BCUT2D eigenvalue weighted by Crippen LogP contribution is 2.32. The van der Waals surface area contributed by atoms with E-state index in [1.165, 1.54) is 0 Å². The lowest BCUT2D eigenvalue weighted by Crippen LogP contribution is -2.28. The highest BCUT2D eigenvalue weighted by Gasteiger charge is 2.39. The van der Waals surface area contributed by atoms with Crippen molar-refractivity contribution in [1.29, 1.82) is 0 Å². The van der Waals surface area contributed by atoms with Gasteiger partial charge in [-0.15, -0.1) is 0 Å². The summed E-state index contributed by atoms with van der Waals surface area (Å²) in [6.07, 6.45) is 3.01. The molecule has 0 spiro atoms. The van der Waals surface area contributed by atoms with Crippen LogP contribution in [0.15, 0.2) is 4.52 Å². The fourth-order valence-electron chi connectivity index (χ4n) is 1.99. The molecule has 0 aliphatic carbocycles. The summed E-state index contributed by atoms with van der Waals surface area (Å²) in [5.74, 6) is 1.64. The highest BCUT2D eigenvalue weighted by molar-refractivity contribution is 5.09. The minimum Gasteiger partial charge on any atom is -0.339 e. The number of aryl methyl sites for hydroxylation is 1. The summed E-state index contributed by atoms with van der Waals surface area (Å²) in [6.45, 7) is 6.25. The zero-order valence-corrected chi connectivity index (χ0v) is 8.84. The van der Waals surface area contributed by atoms with Crippen molar-refractivity contribution < 1.29 is 4.52 Å². The van der Waals surface area contributed by atoms with E-state index in [0.717, 1.165) is 44.1 Å². The summed E-state index contributed by atoms with van der Waals surface area (Å²) >= 11 is 0. The molecule has 1 aliphatic heterocycles. The molecule has 1 unspecified atom stereocenters. The first-order chi connectivity index (χ1) is 6.80. The molecule has 4 heteroatoms. The minimum atomic E-state index is 0.0976. The van der Waals surface area contributed by atoms with E-state index in [-0.39, 0.29) is 5.41 Å². The SMILES string of the molecule is CCc1noc(C2(CC)CCNC2)n1. The third-order valence-electron chi connectivity index (χ3n) is 3.16. The largest absolute Gasteiger partial charge is 0.339 e. The van der Waals surface area contributed by atoms with Gasteiger partial charge in [0.25, 0.3) is 0 Å². The molecule has 1 atom stereocenters. The normalized spacial score (nSPS) is 27.0. The van der Waals surface area contributed by atoms with Crippen molar-refractivity contribution in [2.75, 3.05) is 13.1 Å². The summed E-state index contributed by atoms with van der Waals surface area (Å²) in [4.78, 5) is 4.44. The molecule has 0 radical (unpaired) electrons. The Balaban J connectivity index is 2.26. The Labute approximate surface area is 84.1 Å². The number of hydrogen-bond donors (Lipinski definition) is 1. The summed E-state index contributed by atoms with van der Waals surface area (Å²) < 4.78 is 5.33. The van der Waals surface area contributed by atoms with Crippen molar-refractivity contribution in [2.45, 2.75) is 38.5 Å². The summed E-state index contributed by atoms with van der Waals surface area (Å²) in [7, 11) is 0. The lowest BCUT2D eigenvalue weighted by molar-refractivity contribution is 0.283. The molecule has 2 rings (SSSR count). The van der Waals surface area contributed by atoms with Crippen molar-refractivity contribution in [3.63, 3.8) is 0 Å². The third kappa shape index (κ3) is 1.43. The molecule has 78 valence electrons. The first kappa shape index (κ1) is 9.65. The molecule has 0 bridgehead atoms. The molecular formula is C10H17N3O. The number of hydrogen-bond acceptors (Lipinski definition) is 4. The summed E-state index contributed by atoms with van der Waals surface area (Å²) in [5, 5.41) is 7.32. The van der Waals surface area contributed by atoms with Crippen LogP contribution in [0.3, 0.4) is 0 Å². The van der Waals surface area contributed by atoms with Crippen LogP contribution in [0.4, 0.5) is 0 Å². The Bertz CT molecular complexity index is 302. The van der Waals surface area contributed by atoms with Crippen LogP contribution in [0.5, 0.6) is 0 Å². The quantitative estimate of drug-likeness (QED) is 0.789. The van der Waals surface area contributed by atoms with Crippen molar-refractivity contribution >= 4 is 0 Å². The molecule has 1 aromatic rings. The smallest absolute Gasteiger partial charge is 0.234 e. The van der Waals surface area contributed by atoms with Gasteiger partial charge in [0.15, 0.2) is 5.82 Å². The Kier molecular flexibility index (Phi) is 2.54. The van der Waals surface area contributed by atoms with Gasteiger partial charge in [-0.05, 0) is 19.4 Å². The standard InChI is InChI=1S/C10H17N3O/c1-3-8-12-9(14-13-8)10(4-2)5-6-11-7-10/h11H,3-7H2,1-2H3. The molecule has 1 N–H and O–H groups in total. The zero-order chi connectivity index (χ0) is 10.0. The van der Waals surface area contributed by atoms with Crippen LogP contribution in [-0.4, -0.2) is 23.2 Å². The lowest BCUT2D eigenvalue weighted by atomic mass is 9.84. The molecule has 1 aromatic heterocycles. The van der Waals surface area contributed by atoms with E-state index in [1.54, 1.807) is 0 Å². The maximum absolute atomic E-state index is 5.33. The zero-order valence-electron chi connectivity index (χ0n) is 8.84. The molecule has 0 amide bonds. The molecule has 1 aliphatic rings. The van der Waals surface area contributed by atoms with E-state index in [1.807, 2.05) is 6.92 Å². The van der Waals surface area contributed by atoms with Gasteiger partial charge in [0.2, 0.25) is 5.89 Å². The van der Waals surface area contributed by atoms with E-state index >= 15 is 0 Å². The second kappa shape index (κ2) is 3.69. The highest BCUT2D eigenvalue weighted by atomic mass is 16.5. The lowest BCUT2D eigenvalue weighted by Gasteiger charge is -2.20. The van der Waals surface area contributed by atoms with E-state index in [9.17, 15) is 0 Å². The summed E-state index contributed by atoms with van der Waals surface area (Å²) in [5.41, 5.74) is 0.0976. The first-order valence-electron chi connectivity index (χ1n) is 5.34. The predicted molar refractivity (Wildman–Crippen MR) is 53.1 cm³/mol. The van der Waals surface area contributed by atoms with Crippen molar-refractivity contribution in [3.05, 3.63) is 11.7 Å². The third-order valence-corrected chi connectivity index (χ3v) is 3.16. The first-order valence-corrected chi connectivity index (χ1v) is 5.34. The number of rotatable bonds is 3. The van der Waals surface area contributed by atoms with E-state index in [2.05, 4.69) is 22.4 Å². The van der Waals surface area contributed by atoms with Crippen LogP contribution < -0.4 is 5.32 Å². The summed E-state index contributed by atoms with van der Waals surface area (Å²) in [6, 6.07) is 0. The van der Waals surface area contributed by atoms with E-state index < -0.39 is 0 Å². The average molecular weight is 195 g/mol. The van der Waals surface area contributed by atoms with Gasteiger partial charge in [-0.2, -0.15) is 4.98 Å². The molecule has 1 fully saturated rings. The number of aromatic nitrogens is 2. The van der Waals surface area contributed by atoms with Crippen LogP contribution in [0.25, 0.3) is 0 Å². The number of nitrogens with one attached hydrogen (secondary N) is 1. The van der Waals surface area contributed by atoms with Crippen LogP contribution in [0.2, 0.25) is 0 Å². The van der Waals surface area contributed by atoms with Gasteiger partial charge in [-0.3, -0.25) is 0 Å². The molecule has 0 saturated carbocycles. The van der Waals surface area contributed by atoms with Crippen molar-refractivity contribution in [2.24, 2.45) is 0 Å². The van der Waals surface area contributed by atoms with Gasteiger partial charge >= 0.3 is 0 Å². The van der Waals surface area contributed by atoms with Gasteiger partial charge in [-0.1, -0.05) is 19.0 Å². The maximum atomic E-state index is 5.33. The second-order valence-corrected chi connectivity index (χ2v) is 3.93. The molecule has 0 aromatic carbocycles. The Hall–Kier alpha value is -0.900. The Morgan fingerprint density at radius 3 is 2.86 bits per heavy atom. The molecule has 4 nitrogen and oxygen atoms in total. The average Bonchev–Trinajstić information content (AvgIpc) is 2.87.